The number of carbonyl (C=O) groups excluding carboxylic acids is 1. The van der Waals surface area contributed by atoms with Gasteiger partial charge in [0.25, 0.3) is 5.54 Å². The molecular weight excluding hydrogens is 208 g/mol. The second-order valence-corrected chi connectivity index (χ2v) is 4.47. The molecule has 88 valence electrons. The largest absolute Gasteiger partial charge is 0.369 e. The minimum Gasteiger partial charge on any atom is -0.369 e. The van der Waals surface area contributed by atoms with E-state index < -0.39 is 22.3 Å². The van der Waals surface area contributed by atoms with Gasteiger partial charge in [0.2, 0.25) is 5.91 Å². The molecule has 0 saturated heterocycles. The highest BCUT2D eigenvalue weighted by atomic mass is 16.6. The molecule has 0 aromatic rings. The molecule has 0 bridgehead atoms. The van der Waals surface area contributed by atoms with E-state index in [4.69, 9.17) is 5.73 Å². The lowest BCUT2D eigenvalue weighted by Gasteiger charge is -2.29. The molecule has 16 heavy (non-hydrogen) atoms. The van der Waals surface area contributed by atoms with Crippen molar-refractivity contribution in [3.05, 3.63) is 34.4 Å². The van der Waals surface area contributed by atoms with Crippen molar-refractivity contribution in [3.8, 4) is 0 Å². The van der Waals surface area contributed by atoms with E-state index in [1.807, 2.05) is 13.8 Å². The van der Waals surface area contributed by atoms with Crippen LogP contribution in [0.3, 0.4) is 0 Å². The van der Waals surface area contributed by atoms with Gasteiger partial charge < -0.3 is 5.73 Å². The topological polar surface area (TPSA) is 86.2 Å². The van der Waals surface area contributed by atoms with E-state index in [1.54, 1.807) is 12.2 Å². The van der Waals surface area contributed by atoms with Crippen molar-refractivity contribution in [3.63, 3.8) is 0 Å². The predicted molar refractivity (Wildman–Crippen MR) is 60.1 cm³/mol. The van der Waals surface area contributed by atoms with E-state index in [0.29, 0.717) is 6.42 Å². The van der Waals surface area contributed by atoms with Gasteiger partial charge in [0.05, 0.1) is 0 Å². The Labute approximate surface area is 94.2 Å². The molecule has 0 aromatic carbocycles. The molecule has 5 heteroatoms. The van der Waals surface area contributed by atoms with Crippen LogP contribution in [0.2, 0.25) is 0 Å². The van der Waals surface area contributed by atoms with Gasteiger partial charge in [-0.1, -0.05) is 32.1 Å². The van der Waals surface area contributed by atoms with Crippen LogP contribution in [0.4, 0.5) is 0 Å². The third kappa shape index (κ3) is 2.13. The molecule has 2 atom stereocenters. The molecule has 0 fully saturated rings. The Morgan fingerprint density at radius 3 is 2.62 bits per heavy atom. The Kier molecular flexibility index (Phi) is 3.47. The number of nitro groups is 1. The van der Waals surface area contributed by atoms with Gasteiger partial charge in [-0.05, 0) is 12.0 Å². The third-order valence-corrected chi connectivity index (χ3v) is 2.72. The number of primary amides is 1. The van der Waals surface area contributed by atoms with Gasteiger partial charge in [0, 0.05) is 11.3 Å². The molecule has 5 nitrogen and oxygen atoms in total. The number of nitrogens with two attached hydrogens (primary N) is 1. The first-order valence-corrected chi connectivity index (χ1v) is 5.20. The molecule has 0 spiro atoms. The summed E-state index contributed by atoms with van der Waals surface area (Å²) in [6, 6.07) is 0. The first-order valence-electron chi connectivity index (χ1n) is 5.20. The Morgan fingerprint density at radius 2 is 2.19 bits per heavy atom. The van der Waals surface area contributed by atoms with E-state index in [-0.39, 0.29) is 5.92 Å². The van der Waals surface area contributed by atoms with Crippen molar-refractivity contribution < 1.29 is 9.72 Å². The van der Waals surface area contributed by atoms with Gasteiger partial charge in [-0.3, -0.25) is 14.9 Å². The lowest BCUT2D eigenvalue weighted by atomic mass is 9.75. The summed E-state index contributed by atoms with van der Waals surface area (Å²) >= 11 is 0. The average Bonchev–Trinajstić information content (AvgIpc) is 2.16. The van der Waals surface area contributed by atoms with Crippen LogP contribution in [0.25, 0.3) is 0 Å². The number of amides is 1. The Morgan fingerprint density at radius 1 is 1.56 bits per heavy atom. The standard InChI is InChI=1S/C11H16N2O3/c1-8(2)7-11(13(15)16)6-4-3-5-9(11)10(12)14/h3-6,8-9H,7H2,1-2H3,(H2,12,14). The second-order valence-electron chi connectivity index (χ2n) is 4.47. The maximum atomic E-state index is 11.3. The summed E-state index contributed by atoms with van der Waals surface area (Å²) in [4.78, 5) is 22.1. The summed E-state index contributed by atoms with van der Waals surface area (Å²) in [6.07, 6.45) is 6.51. The monoisotopic (exact) mass is 224 g/mol. The zero-order valence-corrected chi connectivity index (χ0v) is 9.42. The molecule has 0 heterocycles. The van der Waals surface area contributed by atoms with Crippen molar-refractivity contribution in [2.75, 3.05) is 0 Å². The molecule has 1 aliphatic carbocycles. The van der Waals surface area contributed by atoms with Gasteiger partial charge >= 0.3 is 0 Å². The summed E-state index contributed by atoms with van der Waals surface area (Å²) < 4.78 is 0. The number of hydrogen-bond donors (Lipinski definition) is 1. The first kappa shape index (κ1) is 12.4. The summed E-state index contributed by atoms with van der Waals surface area (Å²) in [7, 11) is 0. The number of allylic oxidation sites excluding steroid dienone is 2. The van der Waals surface area contributed by atoms with Crippen molar-refractivity contribution in [2.45, 2.75) is 25.8 Å². The van der Waals surface area contributed by atoms with Crippen LogP contribution in [-0.4, -0.2) is 16.4 Å². The van der Waals surface area contributed by atoms with Crippen molar-refractivity contribution >= 4 is 5.91 Å². The lowest BCUT2D eigenvalue weighted by molar-refractivity contribution is -0.562. The fourth-order valence-electron chi connectivity index (χ4n) is 2.11. The van der Waals surface area contributed by atoms with Crippen LogP contribution >= 0.6 is 0 Å². The molecule has 2 N–H and O–H groups in total. The van der Waals surface area contributed by atoms with Crippen LogP contribution in [0.1, 0.15) is 20.3 Å². The van der Waals surface area contributed by atoms with Crippen molar-refractivity contribution in [1.29, 1.82) is 0 Å². The quantitative estimate of drug-likeness (QED) is 0.576. The normalized spacial score (nSPS) is 28.3. The van der Waals surface area contributed by atoms with Gasteiger partial charge in [-0.15, -0.1) is 0 Å². The SMILES string of the molecule is CC(C)CC1([N+](=O)[O-])C=CC=CC1C(N)=O. The highest BCUT2D eigenvalue weighted by Gasteiger charge is 2.51. The van der Waals surface area contributed by atoms with Crippen LogP contribution in [0.5, 0.6) is 0 Å². The molecule has 0 radical (unpaired) electrons. The molecular formula is C11H16N2O3. The molecule has 1 amide bonds. The van der Waals surface area contributed by atoms with E-state index in [0.717, 1.165) is 0 Å². The van der Waals surface area contributed by atoms with Gasteiger partial charge in [-0.2, -0.15) is 0 Å². The zero-order chi connectivity index (χ0) is 12.3. The van der Waals surface area contributed by atoms with Gasteiger partial charge in [0.1, 0.15) is 5.92 Å². The van der Waals surface area contributed by atoms with Gasteiger partial charge in [0.15, 0.2) is 0 Å². The maximum absolute atomic E-state index is 11.3. The van der Waals surface area contributed by atoms with Crippen LogP contribution < -0.4 is 5.73 Å². The number of hydrogen-bond acceptors (Lipinski definition) is 3. The fraction of sp³-hybridized carbons (Fsp3) is 0.545. The molecule has 0 aliphatic heterocycles. The maximum Gasteiger partial charge on any atom is 0.255 e. The molecule has 1 rings (SSSR count). The number of carbonyl (C=O) groups is 1. The van der Waals surface area contributed by atoms with E-state index in [9.17, 15) is 14.9 Å². The third-order valence-electron chi connectivity index (χ3n) is 2.72. The Balaban J connectivity index is 3.15. The minimum absolute atomic E-state index is 0.114. The highest BCUT2D eigenvalue weighted by Crippen LogP contribution is 2.33. The fourth-order valence-corrected chi connectivity index (χ4v) is 2.11. The summed E-state index contributed by atoms with van der Waals surface area (Å²) in [5.74, 6) is -1.41. The minimum atomic E-state index is -1.38. The molecule has 0 saturated carbocycles. The summed E-state index contributed by atoms with van der Waals surface area (Å²) in [5.41, 5.74) is 3.85. The predicted octanol–water partition coefficient (Wildman–Crippen LogP) is 1.28. The first-order chi connectivity index (χ1) is 7.40. The Hall–Kier alpha value is -1.65. The molecule has 0 aromatic heterocycles. The molecule has 1 aliphatic rings. The highest BCUT2D eigenvalue weighted by molar-refractivity contribution is 5.80. The summed E-state index contributed by atoms with van der Waals surface area (Å²) in [6.45, 7) is 3.77. The van der Waals surface area contributed by atoms with Crippen molar-refractivity contribution in [2.24, 2.45) is 17.6 Å². The number of nitrogens with zero attached hydrogens (tertiary/aromatic N) is 1. The van der Waals surface area contributed by atoms with E-state index in [2.05, 4.69) is 0 Å². The van der Waals surface area contributed by atoms with Crippen LogP contribution in [0, 0.1) is 22.0 Å². The van der Waals surface area contributed by atoms with Gasteiger partial charge in [-0.25, -0.2) is 0 Å². The lowest BCUT2D eigenvalue weighted by Crippen LogP contribution is -2.50. The molecule has 2 unspecified atom stereocenters. The summed E-state index contributed by atoms with van der Waals surface area (Å²) in [5, 5.41) is 11.2. The van der Waals surface area contributed by atoms with Crippen LogP contribution in [0.15, 0.2) is 24.3 Å². The van der Waals surface area contributed by atoms with Crippen molar-refractivity contribution in [1.82, 2.24) is 0 Å². The smallest absolute Gasteiger partial charge is 0.255 e. The zero-order valence-electron chi connectivity index (χ0n) is 9.42. The number of rotatable bonds is 4. The van der Waals surface area contributed by atoms with Crippen LogP contribution in [-0.2, 0) is 4.79 Å². The van der Waals surface area contributed by atoms with E-state index in [1.165, 1.54) is 12.2 Å². The Bertz CT molecular complexity index is 360. The average molecular weight is 224 g/mol. The second kappa shape index (κ2) is 4.47. The van der Waals surface area contributed by atoms with E-state index >= 15 is 0 Å².